The van der Waals surface area contributed by atoms with E-state index in [4.69, 9.17) is 9.47 Å². The third-order valence-electron chi connectivity index (χ3n) is 5.23. The number of nitrogens with one attached hydrogen (secondary N) is 1. The maximum Gasteiger partial charge on any atom is 0.271 e. The molecule has 0 bridgehead atoms. The lowest BCUT2D eigenvalue weighted by Crippen LogP contribution is -2.33. The molecular formula is C21H24N4O4. The number of nitro groups is 1. The zero-order valence-electron chi connectivity index (χ0n) is 16.4. The Morgan fingerprint density at radius 2 is 1.97 bits per heavy atom. The van der Waals surface area contributed by atoms with Gasteiger partial charge in [0.15, 0.2) is 11.5 Å². The molecule has 0 atom stereocenters. The maximum atomic E-state index is 11.0. The minimum Gasteiger partial charge on any atom is -0.493 e. The Hall–Kier alpha value is -3.13. The number of benzene rings is 2. The Morgan fingerprint density at radius 3 is 2.72 bits per heavy atom. The second-order valence-corrected chi connectivity index (χ2v) is 7.16. The second kappa shape index (κ2) is 8.48. The molecule has 0 amide bonds. The summed E-state index contributed by atoms with van der Waals surface area (Å²) in [4.78, 5) is 20.7. The van der Waals surface area contributed by atoms with Gasteiger partial charge in [0.2, 0.25) is 0 Å². The van der Waals surface area contributed by atoms with E-state index in [9.17, 15) is 10.1 Å². The summed E-state index contributed by atoms with van der Waals surface area (Å²) in [5.41, 5.74) is 2.15. The number of nitrogens with zero attached hydrogens (tertiary/aromatic N) is 3. The van der Waals surface area contributed by atoms with E-state index in [1.165, 1.54) is 31.4 Å². The second-order valence-electron chi connectivity index (χ2n) is 7.16. The van der Waals surface area contributed by atoms with Crippen molar-refractivity contribution in [2.75, 3.05) is 33.4 Å². The van der Waals surface area contributed by atoms with Gasteiger partial charge in [0.05, 0.1) is 23.1 Å². The molecule has 0 spiro atoms. The van der Waals surface area contributed by atoms with Gasteiger partial charge in [-0.15, -0.1) is 0 Å². The summed E-state index contributed by atoms with van der Waals surface area (Å²) in [5, 5.41) is 11.0. The lowest BCUT2D eigenvalue weighted by Gasteiger charge is -2.26. The van der Waals surface area contributed by atoms with Gasteiger partial charge in [-0.2, -0.15) is 0 Å². The fourth-order valence-corrected chi connectivity index (χ4v) is 3.65. The van der Waals surface area contributed by atoms with Crippen molar-refractivity contribution in [3.05, 3.63) is 46.5 Å². The first-order valence-corrected chi connectivity index (χ1v) is 9.82. The number of aromatic nitrogens is 2. The minimum absolute atomic E-state index is 0.0303. The number of rotatable bonds is 7. The van der Waals surface area contributed by atoms with Crippen molar-refractivity contribution >= 4 is 16.7 Å². The number of likely N-dealkylation sites (tertiary alicyclic amines) is 1. The van der Waals surface area contributed by atoms with Crippen LogP contribution in [0, 0.1) is 10.1 Å². The molecule has 3 aromatic rings. The summed E-state index contributed by atoms with van der Waals surface area (Å²) in [6.07, 6.45) is 3.85. The smallest absolute Gasteiger partial charge is 0.271 e. The lowest BCUT2D eigenvalue weighted by atomic mass is 10.1. The third kappa shape index (κ3) is 4.32. The van der Waals surface area contributed by atoms with Gasteiger partial charge in [-0.25, -0.2) is 4.98 Å². The van der Waals surface area contributed by atoms with Crippen molar-refractivity contribution < 1.29 is 14.4 Å². The molecule has 2 aromatic carbocycles. The van der Waals surface area contributed by atoms with Crippen molar-refractivity contribution in [2.24, 2.45) is 0 Å². The van der Waals surface area contributed by atoms with E-state index in [2.05, 4.69) is 14.9 Å². The van der Waals surface area contributed by atoms with E-state index in [-0.39, 0.29) is 5.69 Å². The fourth-order valence-electron chi connectivity index (χ4n) is 3.65. The number of non-ortho nitro benzene ring substituents is 1. The molecule has 1 saturated heterocycles. The number of imidazole rings is 1. The van der Waals surface area contributed by atoms with E-state index < -0.39 is 4.92 Å². The number of hydrogen-bond donors (Lipinski definition) is 1. The summed E-state index contributed by atoms with van der Waals surface area (Å²) in [6.45, 7) is 3.81. The van der Waals surface area contributed by atoms with Crippen LogP contribution in [0.25, 0.3) is 22.4 Å². The number of fused-ring (bicyclic) bond motifs is 1. The van der Waals surface area contributed by atoms with Gasteiger partial charge in [-0.05, 0) is 50.2 Å². The highest BCUT2D eigenvalue weighted by molar-refractivity contribution is 5.81. The first-order valence-electron chi connectivity index (χ1n) is 9.82. The van der Waals surface area contributed by atoms with Crippen molar-refractivity contribution in [3.63, 3.8) is 0 Å². The van der Waals surface area contributed by atoms with Crippen LogP contribution in [0.2, 0.25) is 0 Å². The average Bonchev–Trinajstić information content (AvgIpc) is 3.18. The quantitative estimate of drug-likeness (QED) is 0.479. The Morgan fingerprint density at radius 1 is 1.14 bits per heavy atom. The monoisotopic (exact) mass is 396 g/mol. The number of ether oxygens (including phenoxy) is 2. The van der Waals surface area contributed by atoms with Gasteiger partial charge in [0, 0.05) is 24.2 Å². The molecule has 1 N–H and O–H groups in total. The van der Waals surface area contributed by atoms with Gasteiger partial charge in [0.25, 0.3) is 5.69 Å². The van der Waals surface area contributed by atoms with Crippen LogP contribution in [-0.4, -0.2) is 53.1 Å². The highest BCUT2D eigenvalue weighted by Crippen LogP contribution is 2.32. The number of piperidine rings is 1. The van der Waals surface area contributed by atoms with Crippen molar-refractivity contribution in [1.82, 2.24) is 14.9 Å². The van der Waals surface area contributed by atoms with Crippen LogP contribution in [0.4, 0.5) is 5.69 Å². The summed E-state index contributed by atoms with van der Waals surface area (Å²) in [6, 6.07) is 10.2. The number of H-pyrrole nitrogens is 1. The number of hydrogen-bond acceptors (Lipinski definition) is 6. The standard InChI is InChI=1S/C21H24N4O4/c1-28-20-13-15(5-8-19(20)29-12-11-24-9-3-2-4-10-24)21-22-17-7-6-16(25(26)27)14-18(17)23-21/h5-8,13-14H,2-4,9-12H2,1H3,(H,22,23). The van der Waals surface area contributed by atoms with E-state index in [0.717, 1.165) is 25.2 Å². The van der Waals surface area contributed by atoms with Crippen LogP contribution in [0.15, 0.2) is 36.4 Å². The number of nitro benzene ring substituents is 1. The van der Waals surface area contributed by atoms with E-state index in [1.807, 2.05) is 18.2 Å². The van der Waals surface area contributed by atoms with E-state index in [1.54, 1.807) is 13.2 Å². The summed E-state index contributed by atoms with van der Waals surface area (Å²) >= 11 is 0. The van der Waals surface area contributed by atoms with Gasteiger partial charge < -0.3 is 14.5 Å². The van der Waals surface area contributed by atoms with Crippen LogP contribution < -0.4 is 9.47 Å². The van der Waals surface area contributed by atoms with Gasteiger partial charge in [-0.3, -0.25) is 15.0 Å². The Kier molecular flexibility index (Phi) is 5.62. The number of methoxy groups -OCH3 is 1. The Labute approximate surface area is 168 Å². The van der Waals surface area contributed by atoms with Crippen LogP contribution in [0.3, 0.4) is 0 Å². The zero-order chi connectivity index (χ0) is 20.2. The van der Waals surface area contributed by atoms with E-state index in [0.29, 0.717) is 35.0 Å². The van der Waals surface area contributed by atoms with Crippen LogP contribution >= 0.6 is 0 Å². The van der Waals surface area contributed by atoms with E-state index >= 15 is 0 Å². The predicted octanol–water partition coefficient (Wildman–Crippen LogP) is 4.01. The molecule has 1 fully saturated rings. The molecule has 8 heteroatoms. The molecule has 1 aliphatic rings. The largest absolute Gasteiger partial charge is 0.493 e. The molecule has 0 unspecified atom stereocenters. The molecule has 0 saturated carbocycles. The Balaban J connectivity index is 1.49. The SMILES string of the molecule is COc1cc(-c2nc3ccc([N+](=O)[O-])cc3[nH]2)ccc1OCCN1CCCCC1. The summed E-state index contributed by atoms with van der Waals surface area (Å²) in [7, 11) is 1.61. The normalized spacial score (nSPS) is 14.8. The molecule has 29 heavy (non-hydrogen) atoms. The molecule has 1 aromatic heterocycles. The van der Waals surface area contributed by atoms with Crippen LogP contribution in [0.1, 0.15) is 19.3 Å². The lowest BCUT2D eigenvalue weighted by molar-refractivity contribution is -0.384. The van der Waals surface area contributed by atoms with Gasteiger partial charge in [0.1, 0.15) is 12.4 Å². The first-order chi connectivity index (χ1) is 14.1. The van der Waals surface area contributed by atoms with Crippen LogP contribution in [0.5, 0.6) is 11.5 Å². The first kappa shape index (κ1) is 19.2. The fraction of sp³-hybridized carbons (Fsp3) is 0.381. The molecular weight excluding hydrogens is 372 g/mol. The summed E-state index contributed by atoms with van der Waals surface area (Å²) in [5.74, 6) is 1.95. The molecule has 152 valence electrons. The third-order valence-corrected chi connectivity index (χ3v) is 5.23. The number of aromatic amines is 1. The maximum absolute atomic E-state index is 11.0. The molecule has 2 heterocycles. The topological polar surface area (TPSA) is 93.5 Å². The highest BCUT2D eigenvalue weighted by atomic mass is 16.6. The average molecular weight is 396 g/mol. The highest BCUT2D eigenvalue weighted by Gasteiger charge is 2.14. The Bertz CT molecular complexity index is 1010. The molecule has 0 aliphatic carbocycles. The van der Waals surface area contributed by atoms with Crippen molar-refractivity contribution in [1.29, 1.82) is 0 Å². The van der Waals surface area contributed by atoms with Gasteiger partial charge in [-0.1, -0.05) is 6.42 Å². The molecule has 0 radical (unpaired) electrons. The predicted molar refractivity (Wildman–Crippen MR) is 111 cm³/mol. The molecule has 8 nitrogen and oxygen atoms in total. The van der Waals surface area contributed by atoms with Crippen molar-refractivity contribution in [3.8, 4) is 22.9 Å². The minimum atomic E-state index is -0.418. The van der Waals surface area contributed by atoms with Gasteiger partial charge >= 0.3 is 0 Å². The van der Waals surface area contributed by atoms with Crippen LogP contribution in [-0.2, 0) is 0 Å². The summed E-state index contributed by atoms with van der Waals surface area (Å²) < 4.78 is 11.5. The zero-order valence-corrected chi connectivity index (χ0v) is 16.4. The molecule has 1 aliphatic heterocycles. The van der Waals surface area contributed by atoms with Crippen molar-refractivity contribution in [2.45, 2.75) is 19.3 Å². The molecule has 4 rings (SSSR count).